The number of hydrogen-bond acceptors (Lipinski definition) is 2. The van der Waals surface area contributed by atoms with Crippen LogP contribution in [0, 0.1) is 5.92 Å². The van der Waals surface area contributed by atoms with E-state index in [2.05, 4.69) is 5.32 Å². The Hall–Kier alpha value is -3.82. The number of benzene rings is 3. The van der Waals surface area contributed by atoms with Gasteiger partial charge in [0.05, 0.1) is 17.0 Å². The quantitative estimate of drug-likeness (QED) is 0.402. The second kappa shape index (κ2) is 10.3. The molecule has 0 bridgehead atoms. The predicted molar refractivity (Wildman–Crippen MR) is 124 cm³/mol. The lowest BCUT2D eigenvalue weighted by molar-refractivity contribution is -0.143. The molecule has 0 spiro atoms. The number of amides is 2. The van der Waals surface area contributed by atoms with Crippen LogP contribution >= 0.6 is 0 Å². The van der Waals surface area contributed by atoms with Gasteiger partial charge in [-0.15, -0.1) is 0 Å². The van der Waals surface area contributed by atoms with Crippen molar-refractivity contribution in [3.8, 4) is 11.1 Å². The van der Waals surface area contributed by atoms with Crippen molar-refractivity contribution >= 4 is 11.8 Å². The van der Waals surface area contributed by atoms with Crippen LogP contribution in [-0.4, -0.2) is 23.3 Å². The Morgan fingerprint density at radius 2 is 1.46 bits per heavy atom. The average molecular weight is 520 g/mol. The smallest absolute Gasteiger partial charge is 0.352 e. The molecule has 1 heterocycles. The molecule has 0 aliphatic carbocycles. The maximum Gasteiger partial charge on any atom is 0.416 e. The molecule has 0 unspecified atom stereocenters. The molecule has 4 nitrogen and oxygen atoms in total. The normalized spacial score (nSPS) is 16.2. The third kappa shape index (κ3) is 6.31. The molecular weight excluding hydrogens is 498 g/mol. The first kappa shape index (κ1) is 26.2. The monoisotopic (exact) mass is 520 g/mol. The molecule has 0 saturated carbocycles. The topological polar surface area (TPSA) is 49.4 Å². The van der Waals surface area contributed by atoms with Crippen molar-refractivity contribution in [2.75, 3.05) is 6.54 Å². The SMILES string of the molecule is O=C(NCc1ccccc1-c1ccccc1)[C@@H]1CC(=O)N(Cc2cc(C(F)(F)F)cc(C(F)(F)F)c2)C1. The second-order valence-corrected chi connectivity index (χ2v) is 8.83. The highest BCUT2D eigenvalue weighted by atomic mass is 19.4. The van der Waals surface area contributed by atoms with Crippen molar-refractivity contribution < 1.29 is 35.9 Å². The molecule has 0 aromatic heterocycles. The highest BCUT2D eigenvalue weighted by Crippen LogP contribution is 2.37. The van der Waals surface area contributed by atoms with Crippen LogP contribution in [0.4, 0.5) is 26.3 Å². The van der Waals surface area contributed by atoms with Gasteiger partial charge in [-0.05, 0) is 40.5 Å². The number of nitrogens with one attached hydrogen (secondary N) is 1. The lowest BCUT2D eigenvalue weighted by Crippen LogP contribution is -2.32. The summed E-state index contributed by atoms with van der Waals surface area (Å²) < 4.78 is 78.9. The number of carbonyl (C=O) groups excluding carboxylic acids is 2. The zero-order valence-electron chi connectivity index (χ0n) is 19.4. The first-order valence-electron chi connectivity index (χ1n) is 11.4. The van der Waals surface area contributed by atoms with Gasteiger partial charge in [0.2, 0.25) is 11.8 Å². The fraction of sp³-hybridized carbons (Fsp3) is 0.259. The van der Waals surface area contributed by atoms with Crippen molar-refractivity contribution in [3.05, 3.63) is 95.1 Å². The van der Waals surface area contributed by atoms with E-state index in [4.69, 9.17) is 0 Å². The molecule has 1 saturated heterocycles. The first-order valence-corrected chi connectivity index (χ1v) is 11.4. The van der Waals surface area contributed by atoms with Crippen molar-refractivity contribution in [1.29, 1.82) is 0 Å². The third-order valence-corrected chi connectivity index (χ3v) is 6.16. The molecule has 1 fully saturated rings. The van der Waals surface area contributed by atoms with Crippen LogP contribution < -0.4 is 5.32 Å². The van der Waals surface area contributed by atoms with Gasteiger partial charge in [0.15, 0.2) is 0 Å². The minimum absolute atomic E-state index is 0.0405. The average Bonchev–Trinajstić information content (AvgIpc) is 3.22. The Bertz CT molecular complexity index is 1260. The van der Waals surface area contributed by atoms with E-state index in [1.165, 1.54) is 0 Å². The van der Waals surface area contributed by atoms with E-state index in [0.29, 0.717) is 12.1 Å². The maximum atomic E-state index is 13.2. The molecule has 2 amide bonds. The minimum Gasteiger partial charge on any atom is -0.352 e. The summed E-state index contributed by atoms with van der Waals surface area (Å²) in [6, 6.07) is 18.3. The van der Waals surface area contributed by atoms with E-state index >= 15 is 0 Å². The van der Waals surface area contributed by atoms with Gasteiger partial charge >= 0.3 is 12.4 Å². The van der Waals surface area contributed by atoms with Crippen LogP contribution in [0.2, 0.25) is 0 Å². The summed E-state index contributed by atoms with van der Waals surface area (Å²) in [6.07, 6.45) is -10.1. The molecule has 37 heavy (non-hydrogen) atoms. The van der Waals surface area contributed by atoms with Gasteiger partial charge in [0, 0.05) is 26.1 Å². The van der Waals surface area contributed by atoms with Crippen LogP contribution in [0.1, 0.15) is 28.7 Å². The molecule has 1 N–H and O–H groups in total. The Morgan fingerprint density at radius 1 is 0.865 bits per heavy atom. The van der Waals surface area contributed by atoms with Crippen LogP contribution in [0.15, 0.2) is 72.8 Å². The minimum atomic E-state index is -4.98. The maximum absolute atomic E-state index is 13.2. The Labute approximate surface area is 208 Å². The molecule has 1 atom stereocenters. The van der Waals surface area contributed by atoms with Gasteiger partial charge in [-0.1, -0.05) is 54.6 Å². The first-order chi connectivity index (χ1) is 17.4. The standard InChI is InChI=1S/C27H22F6N2O2/c28-26(29,30)21-10-17(11-22(13-21)27(31,32)33)15-35-16-20(12-24(35)36)25(37)34-14-19-8-4-5-9-23(19)18-6-2-1-3-7-18/h1-11,13,20H,12,14-16H2,(H,34,37)/t20-/m1/s1. The Balaban J connectivity index is 1.44. The van der Waals surface area contributed by atoms with E-state index in [9.17, 15) is 35.9 Å². The molecule has 4 rings (SSSR count). The molecule has 194 valence electrons. The van der Waals surface area contributed by atoms with Gasteiger partial charge in [0.1, 0.15) is 0 Å². The summed E-state index contributed by atoms with van der Waals surface area (Å²) in [5.41, 5.74) is -0.461. The molecule has 1 aliphatic heterocycles. The third-order valence-electron chi connectivity index (χ3n) is 6.16. The summed E-state index contributed by atoms with van der Waals surface area (Å²) in [6.45, 7) is -0.383. The number of halogens is 6. The molecule has 1 aliphatic rings. The Kier molecular flexibility index (Phi) is 7.29. The van der Waals surface area contributed by atoms with E-state index < -0.39 is 47.8 Å². The summed E-state index contributed by atoms with van der Waals surface area (Å²) in [7, 11) is 0. The van der Waals surface area contributed by atoms with E-state index in [1.807, 2.05) is 54.6 Å². The molecule has 10 heteroatoms. The second-order valence-electron chi connectivity index (χ2n) is 8.83. The van der Waals surface area contributed by atoms with Crippen LogP contribution in [0.5, 0.6) is 0 Å². The van der Waals surface area contributed by atoms with Crippen LogP contribution in [-0.2, 0) is 35.0 Å². The number of carbonyl (C=O) groups is 2. The van der Waals surface area contributed by atoms with Crippen molar-refractivity contribution in [1.82, 2.24) is 10.2 Å². The molecule has 3 aromatic rings. The lowest BCUT2D eigenvalue weighted by atomic mass is 9.99. The van der Waals surface area contributed by atoms with E-state index in [-0.39, 0.29) is 31.1 Å². The highest BCUT2D eigenvalue weighted by molar-refractivity contribution is 5.89. The van der Waals surface area contributed by atoms with Gasteiger partial charge in [0.25, 0.3) is 0 Å². The number of likely N-dealkylation sites (tertiary alicyclic amines) is 1. The number of alkyl halides is 6. The molecule has 0 radical (unpaired) electrons. The zero-order valence-corrected chi connectivity index (χ0v) is 19.4. The van der Waals surface area contributed by atoms with Gasteiger partial charge < -0.3 is 10.2 Å². The largest absolute Gasteiger partial charge is 0.416 e. The highest BCUT2D eigenvalue weighted by Gasteiger charge is 2.38. The number of nitrogens with zero attached hydrogens (tertiary/aromatic N) is 1. The summed E-state index contributed by atoms with van der Waals surface area (Å²) in [5.74, 6) is -1.71. The predicted octanol–water partition coefficient (Wildman–Crippen LogP) is 6.06. The molecular formula is C27H22F6N2O2. The van der Waals surface area contributed by atoms with Gasteiger partial charge in [-0.2, -0.15) is 26.3 Å². The number of rotatable bonds is 6. The number of hydrogen-bond donors (Lipinski definition) is 1. The Morgan fingerprint density at radius 3 is 2.08 bits per heavy atom. The van der Waals surface area contributed by atoms with Gasteiger partial charge in [-0.3, -0.25) is 9.59 Å². The van der Waals surface area contributed by atoms with Crippen LogP contribution in [0.25, 0.3) is 11.1 Å². The fourth-order valence-corrected chi connectivity index (χ4v) is 4.33. The van der Waals surface area contributed by atoms with Crippen molar-refractivity contribution in [2.24, 2.45) is 5.92 Å². The fourth-order valence-electron chi connectivity index (χ4n) is 4.33. The summed E-state index contributed by atoms with van der Waals surface area (Å²) >= 11 is 0. The van der Waals surface area contributed by atoms with Crippen molar-refractivity contribution in [2.45, 2.75) is 31.9 Å². The lowest BCUT2D eigenvalue weighted by Gasteiger charge is -2.19. The van der Waals surface area contributed by atoms with Gasteiger partial charge in [-0.25, -0.2) is 0 Å². The van der Waals surface area contributed by atoms with Crippen molar-refractivity contribution in [3.63, 3.8) is 0 Å². The van der Waals surface area contributed by atoms with Crippen LogP contribution in [0.3, 0.4) is 0 Å². The zero-order chi connectivity index (χ0) is 26.8. The summed E-state index contributed by atoms with van der Waals surface area (Å²) in [4.78, 5) is 26.4. The molecule has 3 aromatic carbocycles. The van der Waals surface area contributed by atoms with E-state index in [1.54, 1.807) is 0 Å². The van der Waals surface area contributed by atoms with E-state index in [0.717, 1.165) is 21.6 Å². The summed E-state index contributed by atoms with van der Waals surface area (Å²) in [5, 5.41) is 2.80.